The Kier molecular flexibility index (Phi) is 5.03. The average molecular weight is 333 g/mol. The maximum Gasteiger partial charge on any atom is 0.573 e. The van der Waals surface area contributed by atoms with Crippen LogP contribution in [0.4, 0.5) is 32.0 Å². The van der Waals surface area contributed by atoms with Crippen LogP contribution < -0.4 is 10.1 Å². The minimum atomic E-state index is -5.26. The van der Waals surface area contributed by atoms with Crippen LogP contribution in [0.25, 0.3) is 0 Å². The first kappa shape index (κ1) is 17.5. The number of amides is 1. The van der Waals surface area contributed by atoms with Gasteiger partial charge >= 0.3 is 12.5 Å². The van der Waals surface area contributed by atoms with Crippen LogP contribution in [0.3, 0.4) is 0 Å². The summed E-state index contributed by atoms with van der Waals surface area (Å²) in [5.74, 6) is -2.09. The van der Waals surface area contributed by atoms with Gasteiger partial charge in [-0.05, 0) is 25.1 Å². The first-order chi connectivity index (χ1) is 9.40. The molecule has 1 unspecified atom stereocenters. The normalized spacial score (nSPS) is 13.7. The molecule has 0 bridgehead atoms. The third kappa shape index (κ3) is 5.37. The lowest BCUT2D eigenvalue weighted by Crippen LogP contribution is -2.22. The zero-order chi connectivity index (χ0) is 16.4. The Hall–Kier alpha value is -1.58. The maximum absolute atomic E-state index is 12.7. The van der Waals surface area contributed by atoms with E-state index in [1.165, 1.54) is 6.92 Å². The van der Waals surface area contributed by atoms with Gasteiger partial charge in [0.2, 0.25) is 5.91 Å². The van der Waals surface area contributed by atoms with Gasteiger partial charge in [0.25, 0.3) is 0 Å². The molecule has 0 aliphatic rings. The van der Waals surface area contributed by atoms with Crippen molar-refractivity contribution in [3.05, 3.63) is 23.8 Å². The number of halogens is 6. The van der Waals surface area contributed by atoms with E-state index in [0.717, 1.165) is 6.07 Å². The number of hydrogen-bond donors (Lipinski definition) is 2. The smallest absolute Gasteiger partial charge is 0.405 e. The summed E-state index contributed by atoms with van der Waals surface area (Å²) in [6.45, 7) is 1.38. The van der Waals surface area contributed by atoms with E-state index in [2.05, 4.69) is 22.7 Å². The lowest BCUT2D eigenvalue weighted by atomic mass is 10.1. The Morgan fingerprint density at radius 3 is 2.24 bits per heavy atom. The van der Waals surface area contributed by atoms with Crippen LogP contribution in [-0.2, 0) is 11.0 Å². The molecule has 0 aliphatic carbocycles. The number of alkyl halides is 6. The predicted molar refractivity (Wildman–Crippen MR) is 65.2 cm³/mol. The van der Waals surface area contributed by atoms with E-state index < -0.39 is 35.0 Å². The number of carbonyl (C=O) groups is 1. The lowest BCUT2D eigenvalue weighted by Gasteiger charge is -2.17. The summed E-state index contributed by atoms with van der Waals surface area (Å²) in [7, 11) is 0. The van der Waals surface area contributed by atoms with Crippen LogP contribution in [0.1, 0.15) is 12.5 Å². The molecule has 118 valence electrons. The summed E-state index contributed by atoms with van der Waals surface area (Å²) in [4.78, 5) is 11.3. The molecule has 0 radical (unpaired) electrons. The van der Waals surface area contributed by atoms with E-state index in [4.69, 9.17) is 0 Å². The third-order valence-electron chi connectivity index (χ3n) is 2.16. The molecular weight excluding hydrogens is 324 g/mol. The molecule has 0 aromatic heterocycles. The number of benzene rings is 1. The van der Waals surface area contributed by atoms with Gasteiger partial charge in [0.1, 0.15) is 5.75 Å². The molecular formula is C11H9F6NO2S. The van der Waals surface area contributed by atoms with Crippen LogP contribution in [0, 0.1) is 0 Å². The fourth-order valence-electron chi connectivity index (χ4n) is 1.29. The largest absolute Gasteiger partial charge is 0.573 e. The molecule has 0 saturated carbocycles. The molecule has 0 heterocycles. The maximum atomic E-state index is 12.7. The van der Waals surface area contributed by atoms with Gasteiger partial charge < -0.3 is 10.1 Å². The number of ether oxygens (including phenoxy) is 1. The SMILES string of the molecule is CC(S)C(=O)Nc1ccc(OC(F)(F)F)c(C(F)(F)F)c1. The number of hydrogen-bond acceptors (Lipinski definition) is 3. The molecule has 1 rings (SSSR count). The summed E-state index contributed by atoms with van der Waals surface area (Å²) in [5, 5.41) is 1.29. The molecule has 1 amide bonds. The van der Waals surface area contributed by atoms with E-state index in [1.54, 1.807) is 0 Å². The van der Waals surface area contributed by atoms with E-state index in [0.29, 0.717) is 12.1 Å². The molecule has 1 atom stereocenters. The highest BCUT2D eigenvalue weighted by Crippen LogP contribution is 2.39. The second-order valence-corrected chi connectivity index (χ2v) is 4.70. The summed E-state index contributed by atoms with van der Waals surface area (Å²) in [5.41, 5.74) is -1.97. The fourth-order valence-corrected chi connectivity index (χ4v) is 1.35. The van der Waals surface area contributed by atoms with Crippen molar-refractivity contribution in [1.29, 1.82) is 0 Å². The molecule has 10 heteroatoms. The van der Waals surface area contributed by atoms with Crippen LogP contribution >= 0.6 is 12.6 Å². The van der Waals surface area contributed by atoms with E-state index >= 15 is 0 Å². The molecule has 0 aliphatic heterocycles. The van der Waals surface area contributed by atoms with E-state index in [-0.39, 0.29) is 5.69 Å². The summed E-state index contributed by atoms with van der Waals surface area (Å²) < 4.78 is 77.7. The van der Waals surface area contributed by atoms with Gasteiger partial charge in [0, 0.05) is 5.69 Å². The molecule has 3 nitrogen and oxygen atoms in total. The van der Waals surface area contributed by atoms with Gasteiger partial charge in [-0.3, -0.25) is 4.79 Å². The van der Waals surface area contributed by atoms with Crippen molar-refractivity contribution in [2.75, 3.05) is 5.32 Å². The van der Waals surface area contributed by atoms with Crippen LogP contribution in [0.5, 0.6) is 5.75 Å². The summed E-state index contributed by atoms with van der Waals surface area (Å²) >= 11 is 3.77. The van der Waals surface area contributed by atoms with Crippen LogP contribution in [0.15, 0.2) is 18.2 Å². The number of thiol groups is 1. The Morgan fingerprint density at radius 2 is 1.81 bits per heavy atom. The fraction of sp³-hybridized carbons (Fsp3) is 0.364. The van der Waals surface area contributed by atoms with Gasteiger partial charge in [-0.2, -0.15) is 25.8 Å². The van der Waals surface area contributed by atoms with Gasteiger partial charge in [0.05, 0.1) is 10.8 Å². The Morgan fingerprint density at radius 1 is 1.24 bits per heavy atom. The second-order valence-electron chi connectivity index (χ2n) is 3.92. The number of carbonyl (C=O) groups excluding carboxylic acids is 1. The van der Waals surface area contributed by atoms with Crippen molar-refractivity contribution in [2.24, 2.45) is 0 Å². The predicted octanol–water partition coefficient (Wildman–Crippen LogP) is 3.86. The van der Waals surface area contributed by atoms with Gasteiger partial charge in [-0.25, -0.2) is 0 Å². The molecule has 0 fully saturated rings. The van der Waals surface area contributed by atoms with Crippen molar-refractivity contribution in [3.8, 4) is 5.75 Å². The van der Waals surface area contributed by atoms with Crippen LogP contribution in [-0.4, -0.2) is 17.5 Å². The zero-order valence-corrected chi connectivity index (χ0v) is 11.2. The topological polar surface area (TPSA) is 38.3 Å². The van der Waals surface area contributed by atoms with Crippen molar-refractivity contribution < 1.29 is 35.9 Å². The van der Waals surface area contributed by atoms with Crippen molar-refractivity contribution in [3.63, 3.8) is 0 Å². The monoisotopic (exact) mass is 333 g/mol. The van der Waals surface area contributed by atoms with Gasteiger partial charge in [-0.15, -0.1) is 13.2 Å². The van der Waals surface area contributed by atoms with Gasteiger partial charge in [0.15, 0.2) is 0 Å². The number of anilines is 1. The molecule has 0 saturated heterocycles. The Labute approximate surface area is 120 Å². The van der Waals surface area contributed by atoms with Crippen LogP contribution in [0.2, 0.25) is 0 Å². The van der Waals surface area contributed by atoms with E-state index in [9.17, 15) is 31.1 Å². The summed E-state index contributed by atoms with van der Waals surface area (Å²) in [6.07, 6.45) is -10.3. The molecule has 1 aromatic rings. The highest BCUT2D eigenvalue weighted by molar-refractivity contribution is 7.81. The highest BCUT2D eigenvalue weighted by atomic mass is 32.1. The average Bonchev–Trinajstić information content (AvgIpc) is 2.27. The lowest BCUT2D eigenvalue weighted by molar-refractivity contribution is -0.276. The Balaban J connectivity index is 3.16. The quantitative estimate of drug-likeness (QED) is 0.651. The number of rotatable bonds is 3. The first-order valence-electron chi connectivity index (χ1n) is 5.36. The second kappa shape index (κ2) is 6.04. The Bertz CT molecular complexity index is 526. The zero-order valence-electron chi connectivity index (χ0n) is 10.3. The van der Waals surface area contributed by atoms with Crippen molar-refractivity contribution in [2.45, 2.75) is 24.7 Å². The first-order valence-corrected chi connectivity index (χ1v) is 5.87. The minimum absolute atomic E-state index is 0.317. The molecule has 1 N–H and O–H groups in total. The highest BCUT2D eigenvalue weighted by Gasteiger charge is 2.39. The van der Waals surface area contributed by atoms with Crippen molar-refractivity contribution in [1.82, 2.24) is 0 Å². The minimum Gasteiger partial charge on any atom is -0.405 e. The standard InChI is InChI=1S/C11H9F6NO2S/c1-5(21)9(19)18-6-2-3-8(20-11(15,16)17)7(4-6)10(12,13)14/h2-5,21H,1H3,(H,18,19). The van der Waals surface area contributed by atoms with E-state index in [1.807, 2.05) is 0 Å². The molecule has 21 heavy (non-hydrogen) atoms. The molecule has 0 spiro atoms. The third-order valence-corrected chi connectivity index (χ3v) is 2.39. The van der Waals surface area contributed by atoms with Crippen molar-refractivity contribution >= 4 is 24.2 Å². The number of nitrogens with one attached hydrogen (secondary N) is 1. The summed E-state index contributed by atoms with van der Waals surface area (Å²) in [6, 6.07) is 1.70. The van der Waals surface area contributed by atoms with Gasteiger partial charge in [-0.1, -0.05) is 0 Å². The molecule has 1 aromatic carbocycles.